The predicted octanol–water partition coefficient (Wildman–Crippen LogP) is 13.3. The molecule has 0 aromatic heterocycles. The van der Waals surface area contributed by atoms with Crippen LogP contribution < -0.4 is 10.4 Å². The van der Waals surface area contributed by atoms with E-state index in [0.29, 0.717) is 0 Å². The number of fused-ring (bicyclic) bond motifs is 10. The molecule has 0 unspecified atom stereocenters. The summed E-state index contributed by atoms with van der Waals surface area (Å²) in [4.78, 5) is 0. The second-order valence-corrected chi connectivity index (χ2v) is 17.4. The van der Waals surface area contributed by atoms with Gasteiger partial charge in [0.2, 0.25) is 0 Å². The zero-order valence-corrected chi connectivity index (χ0v) is 32.6. The average Bonchev–Trinajstić information content (AvgIpc) is 3.87. The summed E-state index contributed by atoms with van der Waals surface area (Å²) < 4.78 is 1.09. The van der Waals surface area contributed by atoms with Gasteiger partial charge in [0.05, 0.1) is 0 Å². The first-order chi connectivity index (χ1) is 27.5. The monoisotopic (exact) mass is 772 g/mol. The fourth-order valence-electron chi connectivity index (χ4n) is 11.0. The van der Waals surface area contributed by atoms with Gasteiger partial charge in [-0.3, -0.25) is 0 Å². The Morgan fingerprint density at radius 2 is 0.964 bits per heavy atom. The second kappa shape index (κ2) is 10.7. The molecule has 0 aliphatic heterocycles. The van der Waals surface area contributed by atoms with Crippen molar-refractivity contribution in [2.24, 2.45) is 0 Å². The molecule has 0 spiro atoms. The van der Waals surface area contributed by atoms with E-state index < -0.39 is 0 Å². The lowest BCUT2D eigenvalue weighted by Crippen LogP contribution is -2.33. The van der Waals surface area contributed by atoms with Crippen LogP contribution in [-0.2, 0) is 5.41 Å². The van der Waals surface area contributed by atoms with Crippen LogP contribution in [0.15, 0.2) is 156 Å². The molecule has 13 rings (SSSR count). The molecular formula is C55H33Br. The van der Waals surface area contributed by atoms with Crippen LogP contribution in [-0.4, -0.2) is 0 Å². The van der Waals surface area contributed by atoms with Crippen LogP contribution >= 0.6 is 15.9 Å². The standard InChI is InChI=1S/C55H33Br/c1-55(2)49-20-8-3-11-30(49)26-48-50(55)29-47-45(54(48)44-24-23-43-36-15-7-5-13-34(36)39-17-10-19-41(44)53(39)43)27-31-25-32(56)28-46(51(31)47)37-21-22-42-35-14-6-4-12-33(35)38-16-9-18-40(37)52(38)42/h3-29H,1-2H3. The van der Waals surface area contributed by atoms with Gasteiger partial charge in [0, 0.05) is 9.89 Å². The molecule has 1 heteroatoms. The highest BCUT2D eigenvalue weighted by Crippen LogP contribution is 2.51. The summed E-state index contributed by atoms with van der Waals surface area (Å²) in [5.41, 5.74) is 20.9. The van der Waals surface area contributed by atoms with E-state index in [4.69, 9.17) is 0 Å². The normalized spacial score (nSPS) is 14.1. The van der Waals surface area contributed by atoms with E-state index in [1.807, 2.05) is 0 Å². The molecule has 260 valence electrons. The van der Waals surface area contributed by atoms with Crippen molar-refractivity contribution in [1.82, 2.24) is 0 Å². The van der Waals surface area contributed by atoms with Gasteiger partial charge in [-0.25, -0.2) is 0 Å². The molecule has 0 nitrogen and oxygen atoms in total. The zero-order chi connectivity index (χ0) is 37.0. The highest BCUT2D eigenvalue weighted by atomic mass is 79.9. The number of halogens is 1. The first kappa shape index (κ1) is 31.0. The van der Waals surface area contributed by atoms with Crippen LogP contribution in [0.5, 0.6) is 0 Å². The highest BCUT2D eigenvalue weighted by Gasteiger charge is 2.33. The molecule has 0 saturated carbocycles. The summed E-state index contributed by atoms with van der Waals surface area (Å²) in [6.07, 6.45) is 4.95. The van der Waals surface area contributed by atoms with Crippen LogP contribution in [0, 0.1) is 10.4 Å². The minimum atomic E-state index is -0.207. The second-order valence-electron chi connectivity index (χ2n) is 16.5. The largest absolute Gasteiger partial charge is 0.0619 e. The fraction of sp³-hybridized carbons (Fsp3) is 0.0545. The molecule has 0 saturated heterocycles. The molecule has 0 fully saturated rings. The van der Waals surface area contributed by atoms with E-state index in [2.05, 4.69) is 194 Å². The molecule has 9 aromatic rings. The van der Waals surface area contributed by atoms with Gasteiger partial charge >= 0.3 is 0 Å². The lowest BCUT2D eigenvalue weighted by Gasteiger charge is -2.33. The van der Waals surface area contributed by atoms with Crippen LogP contribution in [0.4, 0.5) is 0 Å². The Balaban J connectivity index is 1.19. The molecule has 9 aromatic carbocycles. The van der Waals surface area contributed by atoms with Crippen molar-refractivity contribution in [1.29, 1.82) is 0 Å². The van der Waals surface area contributed by atoms with Crippen molar-refractivity contribution in [3.05, 3.63) is 199 Å². The van der Waals surface area contributed by atoms with E-state index in [0.717, 1.165) is 4.47 Å². The Morgan fingerprint density at radius 3 is 1.62 bits per heavy atom. The van der Waals surface area contributed by atoms with Gasteiger partial charge in [0.1, 0.15) is 0 Å². The molecule has 0 radical (unpaired) electrons. The lowest BCUT2D eigenvalue weighted by atomic mass is 9.70. The molecule has 56 heavy (non-hydrogen) atoms. The zero-order valence-electron chi connectivity index (χ0n) is 31.0. The van der Waals surface area contributed by atoms with Crippen LogP contribution in [0.2, 0.25) is 0 Å². The Labute approximate surface area is 333 Å². The molecule has 4 aliphatic carbocycles. The fourth-order valence-corrected chi connectivity index (χ4v) is 11.5. The van der Waals surface area contributed by atoms with E-state index >= 15 is 0 Å². The smallest absolute Gasteiger partial charge is 0.0187 e. The van der Waals surface area contributed by atoms with Crippen LogP contribution in [0.1, 0.15) is 36.1 Å². The van der Waals surface area contributed by atoms with Gasteiger partial charge in [-0.05, 0) is 162 Å². The minimum absolute atomic E-state index is 0.207. The van der Waals surface area contributed by atoms with Gasteiger partial charge in [0.25, 0.3) is 0 Å². The van der Waals surface area contributed by atoms with Crippen molar-refractivity contribution in [3.8, 4) is 66.8 Å². The number of hydrogen-bond donors (Lipinski definition) is 0. The third-order valence-corrected chi connectivity index (χ3v) is 13.8. The maximum atomic E-state index is 4.00. The molecule has 0 heterocycles. The summed E-state index contributed by atoms with van der Waals surface area (Å²) in [5, 5.41) is 10.6. The molecule has 0 N–H and O–H groups in total. The van der Waals surface area contributed by atoms with E-state index in [-0.39, 0.29) is 5.41 Å². The first-order valence-corrected chi connectivity index (χ1v) is 20.4. The van der Waals surface area contributed by atoms with Crippen molar-refractivity contribution in [2.45, 2.75) is 19.3 Å². The van der Waals surface area contributed by atoms with Crippen LogP contribution in [0.25, 0.3) is 100 Å². The van der Waals surface area contributed by atoms with Gasteiger partial charge < -0.3 is 0 Å². The average molecular weight is 774 g/mol. The van der Waals surface area contributed by atoms with E-state index in [9.17, 15) is 0 Å². The Morgan fingerprint density at radius 1 is 0.429 bits per heavy atom. The van der Waals surface area contributed by atoms with Gasteiger partial charge in [-0.15, -0.1) is 0 Å². The van der Waals surface area contributed by atoms with Crippen LogP contribution in [0.3, 0.4) is 0 Å². The van der Waals surface area contributed by atoms with Crippen molar-refractivity contribution < 1.29 is 0 Å². The van der Waals surface area contributed by atoms with Crippen molar-refractivity contribution in [3.63, 3.8) is 0 Å². The topological polar surface area (TPSA) is 0 Å². The van der Waals surface area contributed by atoms with Crippen molar-refractivity contribution in [2.75, 3.05) is 0 Å². The summed E-state index contributed by atoms with van der Waals surface area (Å²) in [5.74, 6) is 0. The molecule has 4 aliphatic rings. The van der Waals surface area contributed by atoms with Gasteiger partial charge in [-0.1, -0.05) is 163 Å². The predicted molar refractivity (Wildman–Crippen MR) is 238 cm³/mol. The quantitative estimate of drug-likeness (QED) is 0.164. The third kappa shape index (κ3) is 3.84. The lowest BCUT2D eigenvalue weighted by molar-refractivity contribution is 0.629. The minimum Gasteiger partial charge on any atom is -0.0619 e. The Bertz CT molecular complexity index is 3510. The van der Waals surface area contributed by atoms with E-state index in [1.54, 1.807) is 0 Å². The first-order valence-electron chi connectivity index (χ1n) is 19.6. The maximum Gasteiger partial charge on any atom is 0.0187 e. The summed E-state index contributed by atoms with van der Waals surface area (Å²) >= 11 is 4.00. The SMILES string of the molecule is CC1(C)c2ccccc2C=c2c1cc1c(c2-c2ccc3c4c(cccc24)-c2ccccc2-3)C=c2cc(Br)cc(-c3ccc4c5c(cccc35)-c3ccccc3-4)c2=1. The van der Waals surface area contributed by atoms with Gasteiger partial charge in [-0.2, -0.15) is 0 Å². The summed E-state index contributed by atoms with van der Waals surface area (Å²) in [6.45, 7) is 4.84. The number of benzene rings is 9. The number of rotatable bonds is 2. The summed E-state index contributed by atoms with van der Waals surface area (Å²) in [7, 11) is 0. The maximum absolute atomic E-state index is 4.00. The molecule has 0 amide bonds. The highest BCUT2D eigenvalue weighted by molar-refractivity contribution is 9.10. The van der Waals surface area contributed by atoms with Gasteiger partial charge in [0.15, 0.2) is 0 Å². The number of hydrogen-bond acceptors (Lipinski definition) is 0. The van der Waals surface area contributed by atoms with Crippen molar-refractivity contribution >= 4 is 49.6 Å². The van der Waals surface area contributed by atoms with E-state index in [1.165, 1.54) is 131 Å². The molecule has 0 bridgehead atoms. The molecule has 0 atom stereocenters. The summed E-state index contributed by atoms with van der Waals surface area (Å²) in [6, 6.07) is 57.3. The molecular weight excluding hydrogens is 741 g/mol. The Kier molecular flexibility index (Phi) is 5.93. The Hall–Kier alpha value is -6.28. The third-order valence-electron chi connectivity index (χ3n) is 13.4.